The van der Waals surface area contributed by atoms with Gasteiger partial charge in [-0.3, -0.25) is 9.36 Å². The van der Waals surface area contributed by atoms with Gasteiger partial charge in [0.2, 0.25) is 5.91 Å². The fourth-order valence-electron chi connectivity index (χ4n) is 2.85. The van der Waals surface area contributed by atoms with E-state index in [1.165, 1.54) is 4.57 Å². The normalized spacial score (nSPS) is 11.6. The summed E-state index contributed by atoms with van der Waals surface area (Å²) in [5.41, 5.74) is 1.81. The Balaban J connectivity index is 1.90. The van der Waals surface area contributed by atoms with Crippen LogP contribution in [0.3, 0.4) is 0 Å². The molecule has 0 fully saturated rings. The number of hydrogen-bond acceptors (Lipinski definition) is 3. The Bertz CT molecular complexity index is 933. The molecule has 0 radical (unpaired) electrons. The average Bonchev–Trinajstić information content (AvgIpc) is 2.88. The van der Waals surface area contributed by atoms with Gasteiger partial charge in [0.25, 0.3) is 0 Å². The van der Waals surface area contributed by atoms with E-state index in [2.05, 4.69) is 0 Å². The second-order valence-corrected chi connectivity index (χ2v) is 7.06. The van der Waals surface area contributed by atoms with Gasteiger partial charge < -0.3 is 9.32 Å². The molecular formula is C20H22N2O3. The van der Waals surface area contributed by atoms with Crippen LogP contribution in [0, 0.1) is 0 Å². The monoisotopic (exact) mass is 338 g/mol. The molecule has 0 bridgehead atoms. The minimum atomic E-state index is -0.511. The van der Waals surface area contributed by atoms with Gasteiger partial charge in [0.1, 0.15) is 6.54 Å². The van der Waals surface area contributed by atoms with Crippen LogP contribution in [0.5, 0.6) is 0 Å². The molecule has 0 N–H and O–H groups in total. The zero-order chi connectivity index (χ0) is 18.0. The van der Waals surface area contributed by atoms with Gasteiger partial charge in [-0.15, -0.1) is 0 Å². The molecule has 0 aliphatic rings. The average molecular weight is 338 g/mol. The summed E-state index contributed by atoms with van der Waals surface area (Å²) in [5.74, 6) is -0.631. The van der Waals surface area contributed by atoms with Gasteiger partial charge in [-0.25, -0.2) is 4.79 Å². The SMILES string of the molecule is CC(C)(C)N(Cc1ccccc1)C(=O)Cn1c(=O)oc2ccccc21. The lowest BCUT2D eigenvalue weighted by molar-refractivity contribution is -0.137. The van der Waals surface area contributed by atoms with E-state index in [0.29, 0.717) is 17.6 Å². The van der Waals surface area contributed by atoms with E-state index in [1.807, 2.05) is 57.2 Å². The molecule has 5 heteroatoms. The van der Waals surface area contributed by atoms with Gasteiger partial charge in [0, 0.05) is 12.1 Å². The van der Waals surface area contributed by atoms with Crippen molar-refractivity contribution in [2.75, 3.05) is 0 Å². The number of oxazole rings is 1. The predicted octanol–water partition coefficient (Wildman–Crippen LogP) is 3.42. The number of carbonyl (C=O) groups is 1. The number of rotatable bonds is 4. The molecular weight excluding hydrogens is 316 g/mol. The third-order valence-corrected chi connectivity index (χ3v) is 4.16. The maximum absolute atomic E-state index is 13.0. The standard InChI is InChI=1S/C20H22N2O3/c1-20(2,3)22(13-15-9-5-4-6-10-15)18(23)14-21-16-11-7-8-12-17(16)25-19(21)24/h4-12H,13-14H2,1-3H3. The molecule has 3 rings (SSSR count). The van der Waals surface area contributed by atoms with E-state index in [1.54, 1.807) is 23.1 Å². The van der Waals surface area contributed by atoms with Crippen LogP contribution in [0.1, 0.15) is 26.3 Å². The van der Waals surface area contributed by atoms with E-state index in [9.17, 15) is 9.59 Å². The van der Waals surface area contributed by atoms with Crippen LogP contribution in [-0.2, 0) is 17.9 Å². The summed E-state index contributed by atoms with van der Waals surface area (Å²) in [6, 6.07) is 17.0. The molecule has 0 saturated carbocycles. The van der Waals surface area contributed by atoms with Gasteiger partial charge in [0.05, 0.1) is 5.52 Å². The smallest absolute Gasteiger partial charge is 0.408 e. The number of hydrogen-bond donors (Lipinski definition) is 0. The summed E-state index contributed by atoms with van der Waals surface area (Å²) in [5, 5.41) is 0. The Kier molecular flexibility index (Phi) is 4.49. The largest absolute Gasteiger partial charge is 0.420 e. The van der Waals surface area contributed by atoms with Crippen molar-refractivity contribution in [3.05, 3.63) is 70.7 Å². The van der Waals surface area contributed by atoms with Crippen LogP contribution in [0.2, 0.25) is 0 Å². The highest BCUT2D eigenvalue weighted by atomic mass is 16.4. The molecule has 0 aliphatic heterocycles. The third kappa shape index (κ3) is 3.65. The molecule has 25 heavy (non-hydrogen) atoms. The highest BCUT2D eigenvalue weighted by molar-refractivity contribution is 5.80. The van der Waals surface area contributed by atoms with Crippen molar-refractivity contribution in [2.45, 2.75) is 39.4 Å². The minimum Gasteiger partial charge on any atom is -0.408 e. The van der Waals surface area contributed by atoms with Gasteiger partial charge in [-0.1, -0.05) is 42.5 Å². The number of nitrogens with zero attached hydrogens (tertiary/aromatic N) is 2. The topological polar surface area (TPSA) is 55.5 Å². The molecule has 1 amide bonds. The molecule has 0 aliphatic carbocycles. The summed E-state index contributed by atoms with van der Waals surface area (Å²) < 4.78 is 6.61. The molecule has 5 nitrogen and oxygen atoms in total. The number of carbonyl (C=O) groups excluding carboxylic acids is 1. The first-order valence-corrected chi connectivity index (χ1v) is 8.29. The van der Waals surface area contributed by atoms with Gasteiger partial charge in [-0.2, -0.15) is 0 Å². The lowest BCUT2D eigenvalue weighted by Gasteiger charge is -2.36. The Hall–Kier alpha value is -2.82. The minimum absolute atomic E-state index is 0.0417. The first-order valence-electron chi connectivity index (χ1n) is 8.29. The molecule has 0 atom stereocenters. The van der Waals surface area contributed by atoms with Crippen molar-refractivity contribution in [3.8, 4) is 0 Å². The molecule has 3 aromatic rings. The Morgan fingerprint density at radius 2 is 1.68 bits per heavy atom. The predicted molar refractivity (Wildman–Crippen MR) is 97.2 cm³/mol. The molecule has 1 heterocycles. The number of benzene rings is 2. The van der Waals surface area contributed by atoms with Crippen molar-refractivity contribution in [1.82, 2.24) is 9.47 Å². The summed E-state index contributed by atoms with van der Waals surface area (Å²) in [6.45, 7) is 6.42. The van der Waals surface area contributed by atoms with Gasteiger partial charge in [-0.05, 0) is 38.5 Å². The van der Waals surface area contributed by atoms with Crippen LogP contribution in [0.25, 0.3) is 11.1 Å². The first-order chi connectivity index (χ1) is 11.9. The second-order valence-electron chi connectivity index (χ2n) is 7.06. The van der Waals surface area contributed by atoms with Crippen LogP contribution in [-0.4, -0.2) is 20.9 Å². The number of amides is 1. The number of para-hydroxylation sites is 2. The second kappa shape index (κ2) is 6.59. The lowest BCUT2D eigenvalue weighted by atomic mass is 10.0. The van der Waals surface area contributed by atoms with Crippen LogP contribution < -0.4 is 5.76 Å². The molecule has 0 spiro atoms. The van der Waals surface area contributed by atoms with Gasteiger partial charge in [0.15, 0.2) is 5.58 Å². The maximum Gasteiger partial charge on any atom is 0.420 e. The third-order valence-electron chi connectivity index (χ3n) is 4.16. The zero-order valence-electron chi connectivity index (χ0n) is 14.7. The fourth-order valence-corrected chi connectivity index (χ4v) is 2.85. The van der Waals surface area contributed by atoms with E-state index in [0.717, 1.165) is 5.56 Å². The molecule has 0 unspecified atom stereocenters. The van der Waals surface area contributed by atoms with Crippen molar-refractivity contribution in [3.63, 3.8) is 0 Å². The summed E-state index contributed by atoms with van der Waals surface area (Å²) in [7, 11) is 0. The summed E-state index contributed by atoms with van der Waals surface area (Å²) >= 11 is 0. The fraction of sp³-hybridized carbons (Fsp3) is 0.300. The quantitative estimate of drug-likeness (QED) is 0.732. The van der Waals surface area contributed by atoms with Crippen LogP contribution >= 0.6 is 0 Å². The van der Waals surface area contributed by atoms with Crippen molar-refractivity contribution < 1.29 is 9.21 Å². The molecule has 0 saturated heterocycles. The zero-order valence-corrected chi connectivity index (χ0v) is 14.7. The summed E-state index contributed by atoms with van der Waals surface area (Å²) in [6.07, 6.45) is 0. The Morgan fingerprint density at radius 1 is 1.04 bits per heavy atom. The first kappa shape index (κ1) is 17.0. The number of aromatic nitrogens is 1. The van der Waals surface area contributed by atoms with Gasteiger partial charge >= 0.3 is 5.76 Å². The van der Waals surface area contributed by atoms with Crippen molar-refractivity contribution in [1.29, 1.82) is 0 Å². The van der Waals surface area contributed by atoms with Crippen molar-refractivity contribution in [2.24, 2.45) is 0 Å². The Labute approximate surface area is 146 Å². The van der Waals surface area contributed by atoms with Crippen LogP contribution in [0.4, 0.5) is 0 Å². The highest BCUT2D eigenvalue weighted by Crippen LogP contribution is 2.19. The highest BCUT2D eigenvalue weighted by Gasteiger charge is 2.27. The van der Waals surface area contributed by atoms with E-state index in [4.69, 9.17) is 4.42 Å². The summed E-state index contributed by atoms with van der Waals surface area (Å²) in [4.78, 5) is 26.9. The van der Waals surface area contributed by atoms with Crippen LogP contribution in [0.15, 0.2) is 63.8 Å². The van der Waals surface area contributed by atoms with E-state index in [-0.39, 0.29) is 18.0 Å². The molecule has 1 aromatic heterocycles. The maximum atomic E-state index is 13.0. The Morgan fingerprint density at radius 3 is 2.36 bits per heavy atom. The number of fused-ring (bicyclic) bond motifs is 1. The lowest BCUT2D eigenvalue weighted by Crippen LogP contribution is -2.47. The van der Waals surface area contributed by atoms with Crippen molar-refractivity contribution >= 4 is 17.0 Å². The van der Waals surface area contributed by atoms with E-state index < -0.39 is 5.76 Å². The molecule has 130 valence electrons. The molecule has 2 aromatic carbocycles. The van der Waals surface area contributed by atoms with E-state index >= 15 is 0 Å².